The van der Waals surface area contributed by atoms with Gasteiger partial charge in [0.05, 0.1) is 5.02 Å². The second kappa shape index (κ2) is 7.99. The number of nitrogens with zero attached hydrogens (tertiary/aromatic N) is 2. The lowest BCUT2D eigenvalue weighted by atomic mass is 9.92. The molecular formula is C19H23Cl2N3O2. The predicted molar refractivity (Wildman–Crippen MR) is 104 cm³/mol. The summed E-state index contributed by atoms with van der Waals surface area (Å²) < 4.78 is 5.36. The van der Waals surface area contributed by atoms with Crippen LogP contribution in [0.15, 0.2) is 28.8 Å². The summed E-state index contributed by atoms with van der Waals surface area (Å²) in [4.78, 5) is 15.2. The largest absolute Gasteiger partial charge is 0.360 e. The minimum absolute atomic E-state index is 0. The summed E-state index contributed by atoms with van der Waals surface area (Å²) in [7, 11) is 0. The van der Waals surface area contributed by atoms with Crippen LogP contribution < -0.4 is 5.32 Å². The average Bonchev–Trinajstić information content (AvgIpc) is 3.16. The Morgan fingerprint density at radius 3 is 2.54 bits per heavy atom. The summed E-state index contributed by atoms with van der Waals surface area (Å²) >= 11 is 6.31. The van der Waals surface area contributed by atoms with Crippen LogP contribution in [0.3, 0.4) is 0 Å². The van der Waals surface area contributed by atoms with E-state index in [1.807, 2.05) is 23.1 Å². The Bertz CT molecular complexity index is 779. The van der Waals surface area contributed by atoms with E-state index in [4.69, 9.17) is 16.1 Å². The van der Waals surface area contributed by atoms with Gasteiger partial charge < -0.3 is 14.7 Å². The van der Waals surface area contributed by atoms with E-state index in [-0.39, 0.29) is 18.3 Å². The van der Waals surface area contributed by atoms with E-state index in [1.165, 1.54) is 0 Å². The van der Waals surface area contributed by atoms with Crippen LogP contribution >= 0.6 is 24.0 Å². The number of nitrogens with one attached hydrogen (secondary N) is 1. The van der Waals surface area contributed by atoms with Gasteiger partial charge in [-0.25, -0.2) is 0 Å². The second-order valence-electron chi connectivity index (χ2n) is 6.99. The Morgan fingerprint density at radius 1 is 1.23 bits per heavy atom. The molecule has 0 bridgehead atoms. The van der Waals surface area contributed by atoms with Gasteiger partial charge in [-0.2, -0.15) is 0 Å². The molecule has 1 aromatic carbocycles. The van der Waals surface area contributed by atoms with Gasteiger partial charge in [-0.15, -0.1) is 12.4 Å². The molecule has 0 unspecified atom stereocenters. The summed E-state index contributed by atoms with van der Waals surface area (Å²) in [5.74, 6) is 1.92. The molecule has 2 aliphatic rings. The first-order valence-corrected chi connectivity index (χ1v) is 9.24. The molecule has 3 heterocycles. The van der Waals surface area contributed by atoms with E-state index in [0.717, 1.165) is 44.6 Å². The number of likely N-dealkylation sites (tertiary alicyclic amines) is 1. The maximum absolute atomic E-state index is 13.2. The standard InChI is InChI=1S/C19H22ClN3O2.ClH/c1-12-17(18(22-25-12)15-4-2-3-5-16(15)20)19(24)23-8-6-13-10-21-11-14(13)7-9-23;/h2-5,13-14,21H,6-11H2,1H3;1H/t13-,14+;. The number of aryl methyl sites for hydroxylation is 1. The van der Waals surface area contributed by atoms with Crippen molar-refractivity contribution in [2.75, 3.05) is 26.2 Å². The van der Waals surface area contributed by atoms with Crippen molar-refractivity contribution in [1.82, 2.24) is 15.4 Å². The highest BCUT2D eigenvalue weighted by Gasteiger charge is 2.33. The zero-order valence-corrected chi connectivity index (χ0v) is 16.3. The highest BCUT2D eigenvalue weighted by Crippen LogP contribution is 2.33. The SMILES string of the molecule is Cc1onc(-c2ccccc2Cl)c1C(=O)N1CC[C@@H]2CNC[C@@H]2CC1.Cl. The molecule has 4 rings (SSSR count). The van der Waals surface area contributed by atoms with Crippen molar-refractivity contribution >= 4 is 29.9 Å². The first-order valence-electron chi connectivity index (χ1n) is 8.86. The summed E-state index contributed by atoms with van der Waals surface area (Å²) in [5.41, 5.74) is 1.82. The number of hydrogen-bond acceptors (Lipinski definition) is 4. The van der Waals surface area contributed by atoms with Gasteiger partial charge in [-0.05, 0) is 50.8 Å². The number of benzene rings is 1. The molecule has 5 nitrogen and oxygen atoms in total. The lowest BCUT2D eigenvalue weighted by molar-refractivity contribution is 0.0757. The van der Waals surface area contributed by atoms with Crippen molar-refractivity contribution in [2.45, 2.75) is 19.8 Å². The fourth-order valence-electron chi connectivity index (χ4n) is 4.04. The molecule has 1 amide bonds. The molecule has 26 heavy (non-hydrogen) atoms. The maximum atomic E-state index is 13.2. The molecule has 2 saturated heterocycles. The van der Waals surface area contributed by atoms with Crippen molar-refractivity contribution in [3.8, 4) is 11.3 Å². The van der Waals surface area contributed by atoms with Gasteiger partial charge in [0.25, 0.3) is 5.91 Å². The molecule has 7 heteroatoms. The van der Waals surface area contributed by atoms with Crippen molar-refractivity contribution in [3.05, 3.63) is 40.6 Å². The monoisotopic (exact) mass is 395 g/mol. The first-order chi connectivity index (χ1) is 12.1. The van der Waals surface area contributed by atoms with Crippen LogP contribution in [-0.4, -0.2) is 42.1 Å². The van der Waals surface area contributed by atoms with Crippen LogP contribution in [0, 0.1) is 18.8 Å². The second-order valence-corrected chi connectivity index (χ2v) is 7.40. The summed E-state index contributed by atoms with van der Waals surface area (Å²) in [6.07, 6.45) is 2.10. The Labute approximate surface area is 164 Å². The maximum Gasteiger partial charge on any atom is 0.259 e. The highest BCUT2D eigenvalue weighted by atomic mass is 35.5. The van der Waals surface area contributed by atoms with Crippen LogP contribution in [0.2, 0.25) is 5.02 Å². The molecular weight excluding hydrogens is 373 g/mol. The average molecular weight is 396 g/mol. The van der Waals surface area contributed by atoms with Crippen LogP contribution in [0.4, 0.5) is 0 Å². The van der Waals surface area contributed by atoms with E-state index in [1.54, 1.807) is 13.0 Å². The van der Waals surface area contributed by atoms with E-state index in [9.17, 15) is 4.79 Å². The van der Waals surface area contributed by atoms with Gasteiger partial charge in [0.2, 0.25) is 0 Å². The van der Waals surface area contributed by atoms with Gasteiger partial charge >= 0.3 is 0 Å². The van der Waals surface area contributed by atoms with Gasteiger partial charge in [-0.1, -0.05) is 35.0 Å². The molecule has 140 valence electrons. The fraction of sp³-hybridized carbons (Fsp3) is 0.474. The fourth-order valence-corrected chi connectivity index (χ4v) is 4.27. The number of carbonyl (C=O) groups is 1. The predicted octanol–water partition coefficient (Wildman–Crippen LogP) is 3.80. The van der Waals surface area contributed by atoms with Crippen LogP contribution in [0.1, 0.15) is 29.0 Å². The molecule has 2 aliphatic heterocycles. The Kier molecular flexibility index (Phi) is 5.90. The van der Waals surface area contributed by atoms with E-state index < -0.39 is 0 Å². The summed E-state index contributed by atoms with van der Waals surface area (Å²) in [6.45, 7) is 5.51. The zero-order valence-electron chi connectivity index (χ0n) is 14.7. The number of amides is 1. The minimum Gasteiger partial charge on any atom is -0.360 e. The van der Waals surface area contributed by atoms with Crippen LogP contribution in [0.25, 0.3) is 11.3 Å². The normalized spacial score (nSPS) is 22.5. The van der Waals surface area contributed by atoms with Crippen molar-refractivity contribution in [1.29, 1.82) is 0 Å². The number of halogens is 2. The molecule has 1 aromatic heterocycles. The van der Waals surface area contributed by atoms with Crippen molar-refractivity contribution < 1.29 is 9.32 Å². The molecule has 0 radical (unpaired) electrons. The van der Waals surface area contributed by atoms with Crippen LogP contribution in [0.5, 0.6) is 0 Å². The molecule has 0 spiro atoms. The third-order valence-corrected chi connectivity index (χ3v) is 5.84. The molecule has 1 N–H and O–H groups in total. The molecule has 2 atom stereocenters. The van der Waals surface area contributed by atoms with Gasteiger partial charge in [0.1, 0.15) is 17.0 Å². The van der Waals surface area contributed by atoms with Gasteiger partial charge in [-0.3, -0.25) is 4.79 Å². The van der Waals surface area contributed by atoms with E-state index in [0.29, 0.717) is 33.9 Å². The minimum atomic E-state index is 0. The number of fused-ring (bicyclic) bond motifs is 1. The quantitative estimate of drug-likeness (QED) is 0.839. The Balaban J connectivity index is 0.00000196. The molecule has 0 aliphatic carbocycles. The van der Waals surface area contributed by atoms with Crippen molar-refractivity contribution in [3.63, 3.8) is 0 Å². The summed E-state index contributed by atoms with van der Waals surface area (Å²) in [5, 5.41) is 8.16. The Hall–Kier alpha value is -1.56. The van der Waals surface area contributed by atoms with Gasteiger partial charge in [0.15, 0.2) is 0 Å². The Morgan fingerprint density at radius 2 is 1.88 bits per heavy atom. The smallest absolute Gasteiger partial charge is 0.259 e. The number of aromatic nitrogens is 1. The van der Waals surface area contributed by atoms with Crippen LogP contribution in [-0.2, 0) is 0 Å². The highest BCUT2D eigenvalue weighted by molar-refractivity contribution is 6.33. The van der Waals surface area contributed by atoms with Crippen molar-refractivity contribution in [2.24, 2.45) is 11.8 Å². The molecule has 2 aromatic rings. The molecule has 0 saturated carbocycles. The third-order valence-electron chi connectivity index (χ3n) is 5.51. The lowest BCUT2D eigenvalue weighted by Crippen LogP contribution is -2.33. The third kappa shape index (κ3) is 3.48. The van der Waals surface area contributed by atoms with Gasteiger partial charge in [0, 0.05) is 18.7 Å². The first kappa shape index (κ1) is 19.2. The topological polar surface area (TPSA) is 58.4 Å². The number of carbonyl (C=O) groups excluding carboxylic acids is 1. The lowest BCUT2D eigenvalue weighted by Gasteiger charge is -2.21. The summed E-state index contributed by atoms with van der Waals surface area (Å²) in [6, 6.07) is 7.42. The number of rotatable bonds is 2. The zero-order chi connectivity index (χ0) is 17.4. The molecule has 2 fully saturated rings. The van der Waals surface area contributed by atoms with E-state index >= 15 is 0 Å². The van der Waals surface area contributed by atoms with E-state index in [2.05, 4.69) is 10.5 Å². The number of hydrogen-bond donors (Lipinski definition) is 1.